The molecule has 0 aliphatic carbocycles. The number of aromatic carboxylic acids is 1. The third-order valence-corrected chi connectivity index (χ3v) is 2.93. The van der Waals surface area contributed by atoms with Crippen LogP contribution in [0.25, 0.3) is 0 Å². The summed E-state index contributed by atoms with van der Waals surface area (Å²) in [6, 6.07) is 1.55. The van der Waals surface area contributed by atoms with E-state index in [1.54, 1.807) is 15.6 Å². The highest BCUT2D eigenvalue weighted by Crippen LogP contribution is 2.14. The van der Waals surface area contributed by atoms with Gasteiger partial charge in [-0.25, -0.2) is 4.79 Å². The van der Waals surface area contributed by atoms with Crippen molar-refractivity contribution in [2.75, 3.05) is 6.54 Å². The minimum absolute atomic E-state index is 0.0107. The molecule has 0 fully saturated rings. The van der Waals surface area contributed by atoms with E-state index in [-0.39, 0.29) is 11.6 Å². The molecule has 0 bridgehead atoms. The Morgan fingerprint density at radius 1 is 1.35 bits per heavy atom. The summed E-state index contributed by atoms with van der Waals surface area (Å²) in [6.07, 6.45) is 1.82. The standard InChI is InChI=1S/C11H15N3O3/c1-8(15)13-4-2-3-5-14-9(7-13)6-10(12-14)11(16)17/h6H,2-5,7H2,1H3,(H,16,17). The molecule has 1 aliphatic rings. The van der Waals surface area contributed by atoms with Crippen LogP contribution in [0, 0.1) is 0 Å². The lowest BCUT2D eigenvalue weighted by Crippen LogP contribution is -2.32. The summed E-state index contributed by atoms with van der Waals surface area (Å²) >= 11 is 0. The second-order valence-corrected chi connectivity index (χ2v) is 4.20. The van der Waals surface area contributed by atoms with Gasteiger partial charge in [-0.3, -0.25) is 9.48 Å². The van der Waals surface area contributed by atoms with E-state index in [4.69, 9.17) is 5.11 Å². The molecule has 6 nitrogen and oxygen atoms in total. The molecule has 0 aromatic carbocycles. The Bertz CT molecular complexity index is 453. The van der Waals surface area contributed by atoms with Crippen molar-refractivity contribution >= 4 is 11.9 Å². The van der Waals surface area contributed by atoms with Gasteiger partial charge in [0.15, 0.2) is 5.69 Å². The van der Waals surface area contributed by atoms with Crippen molar-refractivity contribution in [2.24, 2.45) is 0 Å². The quantitative estimate of drug-likeness (QED) is 0.781. The number of amides is 1. The fraction of sp³-hybridized carbons (Fsp3) is 0.545. The van der Waals surface area contributed by atoms with Gasteiger partial charge in [0.25, 0.3) is 0 Å². The third kappa shape index (κ3) is 2.46. The Morgan fingerprint density at radius 3 is 2.71 bits per heavy atom. The van der Waals surface area contributed by atoms with Crippen LogP contribution in [0.3, 0.4) is 0 Å². The van der Waals surface area contributed by atoms with Gasteiger partial charge in [0.05, 0.1) is 12.2 Å². The Labute approximate surface area is 98.8 Å². The number of carbonyl (C=O) groups excluding carboxylic acids is 1. The molecule has 6 heteroatoms. The van der Waals surface area contributed by atoms with Crippen LogP contribution in [0.1, 0.15) is 35.9 Å². The van der Waals surface area contributed by atoms with Crippen LogP contribution < -0.4 is 0 Å². The van der Waals surface area contributed by atoms with E-state index in [0.717, 1.165) is 25.1 Å². The first-order chi connectivity index (χ1) is 8.08. The summed E-state index contributed by atoms with van der Waals surface area (Å²) < 4.78 is 1.69. The molecule has 1 aromatic heterocycles. The van der Waals surface area contributed by atoms with Crippen molar-refractivity contribution in [3.05, 3.63) is 17.5 Å². The van der Waals surface area contributed by atoms with Gasteiger partial charge in [-0.2, -0.15) is 5.10 Å². The number of hydrogen-bond acceptors (Lipinski definition) is 3. The lowest BCUT2D eigenvalue weighted by atomic mass is 10.2. The summed E-state index contributed by atoms with van der Waals surface area (Å²) in [5.74, 6) is -1.02. The summed E-state index contributed by atoms with van der Waals surface area (Å²) in [4.78, 5) is 24.0. The first-order valence-corrected chi connectivity index (χ1v) is 5.63. The number of carbonyl (C=O) groups is 2. The van der Waals surface area contributed by atoms with E-state index in [1.165, 1.54) is 6.92 Å². The molecule has 17 heavy (non-hydrogen) atoms. The van der Waals surface area contributed by atoms with Crippen LogP contribution in [0.2, 0.25) is 0 Å². The van der Waals surface area contributed by atoms with Crippen molar-refractivity contribution < 1.29 is 14.7 Å². The SMILES string of the molecule is CC(=O)N1CCCCn2nc(C(=O)O)cc2C1. The fourth-order valence-electron chi connectivity index (χ4n) is 1.99. The molecular formula is C11H15N3O3. The molecule has 1 amide bonds. The highest BCUT2D eigenvalue weighted by molar-refractivity contribution is 5.85. The van der Waals surface area contributed by atoms with E-state index in [9.17, 15) is 9.59 Å². The zero-order chi connectivity index (χ0) is 12.4. The van der Waals surface area contributed by atoms with Gasteiger partial charge >= 0.3 is 5.97 Å². The smallest absolute Gasteiger partial charge is 0.356 e. The van der Waals surface area contributed by atoms with Crippen LogP contribution >= 0.6 is 0 Å². The van der Waals surface area contributed by atoms with Crippen LogP contribution in [0.5, 0.6) is 0 Å². The van der Waals surface area contributed by atoms with E-state index in [1.807, 2.05) is 0 Å². The molecule has 1 aromatic rings. The van der Waals surface area contributed by atoms with Crippen molar-refractivity contribution in [1.29, 1.82) is 0 Å². The number of aromatic nitrogens is 2. The van der Waals surface area contributed by atoms with Crippen LogP contribution in [-0.4, -0.2) is 38.2 Å². The maximum absolute atomic E-state index is 11.4. The van der Waals surface area contributed by atoms with Crippen LogP contribution in [-0.2, 0) is 17.9 Å². The van der Waals surface area contributed by atoms with Crippen LogP contribution in [0.15, 0.2) is 6.07 Å². The minimum atomic E-state index is -1.03. The van der Waals surface area contributed by atoms with E-state index < -0.39 is 5.97 Å². The van der Waals surface area contributed by atoms with Gasteiger partial charge in [-0.1, -0.05) is 0 Å². The lowest BCUT2D eigenvalue weighted by molar-refractivity contribution is -0.129. The van der Waals surface area contributed by atoms with Gasteiger partial charge in [0.2, 0.25) is 5.91 Å². The molecule has 0 radical (unpaired) electrons. The molecular weight excluding hydrogens is 222 g/mol. The van der Waals surface area contributed by atoms with Crippen molar-refractivity contribution in [1.82, 2.24) is 14.7 Å². The van der Waals surface area contributed by atoms with Gasteiger partial charge in [-0.15, -0.1) is 0 Å². The molecule has 0 atom stereocenters. The Hall–Kier alpha value is -1.85. The highest BCUT2D eigenvalue weighted by Gasteiger charge is 2.19. The Balaban J connectivity index is 2.29. The van der Waals surface area contributed by atoms with Crippen molar-refractivity contribution in [2.45, 2.75) is 32.9 Å². The predicted molar refractivity (Wildman–Crippen MR) is 59.5 cm³/mol. The monoisotopic (exact) mass is 237 g/mol. The predicted octanol–water partition coefficient (Wildman–Crippen LogP) is 0.724. The number of rotatable bonds is 1. The normalized spacial score (nSPS) is 15.9. The number of nitrogens with zero attached hydrogens (tertiary/aromatic N) is 3. The second kappa shape index (κ2) is 4.57. The molecule has 2 heterocycles. The summed E-state index contributed by atoms with van der Waals surface area (Å²) in [7, 11) is 0. The van der Waals surface area contributed by atoms with Crippen molar-refractivity contribution in [3.8, 4) is 0 Å². The summed E-state index contributed by atoms with van der Waals surface area (Å²) in [6.45, 7) is 3.41. The van der Waals surface area contributed by atoms with E-state index >= 15 is 0 Å². The maximum Gasteiger partial charge on any atom is 0.356 e. The molecule has 0 spiro atoms. The first kappa shape index (κ1) is 11.6. The zero-order valence-corrected chi connectivity index (χ0v) is 9.72. The topological polar surface area (TPSA) is 75.4 Å². The largest absolute Gasteiger partial charge is 0.476 e. The number of aryl methyl sites for hydroxylation is 1. The van der Waals surface area contributed by atoms with Gasteiger partial charge in [0, 0.05) is 20.0 Å². The average Bonchev–Trinajstić information content (AvgIpc) is 2.60. The summed E-state index contributed by atoms with van der Waals surface area (Å²) in [5, 5.41) is 12.9. The lowest BCUT2D eigenvalue weighted by Gasteiger charge is -2.23. The molecule has 1 aliphatic heterocycles. The van der Waals surface area contributed by atoms with Crippen LogP contribution in [0.4, 0.5) is 0 Å². The second-order valence-electron chi connectivity index (χ2n) is 4.20. The van der Waals surface area contributed by atoms with Gasteiger partial charge in [0.1, 0.15) is 0 Å². The van der Waals surface area contributed by atoms with Gasteiger partial charge in [-0.05, 0) is 18.9 Å². The van der Waals surface area contributed by atoms with E-state index in [2.05, 4.69) is 5.10 Å². The van der Waals surface area contributed by atoms with Crippen molar-refractivity contribution in [3.63, 3.8) is 0 Å². The molecule has 1 N–H and O–H groups in total. The molecule has 2 rings (SSSR count). The Kier molecular flexibility index (Phi) is 3.12. The Morgan fingerprint density at radius 2 is 2.06 bits per heavy atom. The fourth-order valence-corrected chi connectivity index (χ4v) is 1.99. The third-order valence-electron chi connectivity index (χ3n) is 2.93. The number of fused-ring (bicyclic) bond motifs is 1. The zero-order valence-electron chi connectivity index (χ0n) is 9.72. The highest BCUT2D eigenvalue weighted by atomic mass is 16.4. The number of carboxylic acid groups (broad SMARTS) is 1. The minimum Gasteiger partial charge on any atom is -0.476 e. The average molecular weight is 237 g/mol. The molecule has 0 saturated heterocycles. The summed E-state index contributed by atoms with van der Waals surface area (Å²) in [5.41, 5.74) is 0.836. The van der Waals surface area contributed by atoms with Gasteiger partial charge < -0.3 is 10.0 Å². The number of hydrogen-bond donors (Lipinski definition) is 1. The molecule has 92 valence electrons. The first-order valence-electron chi connectivity index (χ1n) is 5.63. The molecule has 0 saturated carbocycles. The molecule has 0 unspecified atom stereocenters. The number of carboxylic acids is 1. The van der Waals surface area contributed by atoms with E-state index in [0.29, 0.717) is 13.1 Å². The maximum atomic E-state index is 11.4.